The quantitative estimate of drug-likeness (QED) is 0.775. The molecular weight excluding hydrogens is 279 g/mol. The Labute approximate surface area is 100.0 Å². The first-order valence-electron chi connectivity index (χ1n) is 4.21. The second kappa shape index (κ2) is 4.21. The fourth-order valence-electron chi connectivity index (χ4n) is 1.27. The summed E-state index contributed by atoms with van der Waals surface area (Å²) in [6.07, 6.45) is 0.665. The van der Waals surface area contributed by atoms with Crippen LogP contribution in [0.5, 0.6) is 0 Å². The van der Waals surface area contributed by atoms with E-state index in [1.54, 1.807) is 18.2 Å². The molecule has 0 bridgehead atoms. The van der Waals surface area contributed by atoms with Gasteiger partial charge in [-0.2, -0.15) is 0 Å². The van der Waals surface area contributed by atoms with Crippen LogP contribution >= 0.6 is 27.5 Å². The standard InChI is InChI=1S/C11H6BrClO2/c12-10-5-9(6-14)15-11(10)7-2-1-3-8(13)4-7/h1-6H. The molecule has 15 heavy (non-hydrogen) atoms. The maximum Gasteiger partial charge on any atom is 0.185 e. The van der Waals surface area contributed by atoms with Gasteiger partial charge < -0.3 is 4.42 Å². The molecule has 2 nitrogen and oxygen atoms in total. The van der Waals surface area contributed by atoms with Crippen LogP contribution in [0.3, 0.4) is 0 Å². The summed E-state index contributed by atoms with van der Waals surface area (Å²) in [4.78, 5) is 10.5. The molecule has 0 saturated heterocycles. The zero-order valence-corrected chi connectivity index (χ0v) is 9.88. The number of rotatable bonds is 2. The predicted octanol–water partition coefficient (Wildman–Crippen LogP) is 4.18. The van der Waals surface area contributed by atoms with Crippen molar-refractivity contribution < 1.29 is 9.21 Å². The van der Waals surface area contributed by atoms with Crippen molar-refractivity contribution >= 4 is 33.8 Å². The smallest absolute Gasteiger partial charge is 0.185 e. The van der Waals surface area contributed by atoms with E-state index in [1.165, 1.54) is 0 Å². The van der Waals surface area contributed by atoms with Gasteiger partial charge in [-0.25, -0.2) is 0 Å². The highest BCUT2D eigenvalue weighted by Crippen LogP contribution is 2.32. The Morgan fingerprint density at radius 3 is 2.73 bits per heavy atom. The van der Waals surface area contributed by atoms with Crippen molar-refractivity contribution in [1.82, 2.24) is 0 Å². The number of hydrogen-bond donors (Lipinski definition) is 0. The van der Waals surface area contributed by atoms with Gasteiger partial charge in [0.15, 0.2) is 12.0 Å². The third kappa shape index (κ3) is 2.13. The molecule has 1 heterocycles. The third-order valence-corrected chi connectivity index (χ3v) is 2.73. The van der Waals surface area contributed by atoms with Gasteiger partial charge in [-0.3, -0.25) is 4.79 Å². The van der Waals surface area contributed by atoms with Crippen LogP contribution < -0.4 is 0 Å². The molecule has 0 amide bonds. The van der Waals surface area contributed by atoms with Crippen LogP contribution in [0.1, 0.15) is 10.6 Å². The first-order chi connectivity index (χ1) is 7.20. The Morgan fingerprint density at radius 2 is 2.13 bits per heavy atom. The minimum absolute atomic E-state index is 0.289. The lowest BCUT2D eigenvalue weighted by atomic mass is 10.2. The van der Waals surface area contributed by atoms with Crippen LogP contribution in [0.15, 0.2) is 39.2 Å². The molecule has 0 aliphatic heterocycles. The van der Waals surface area contributed by atoms with Gasteiger partial charge in [0, 0.05) is 16.7 Å². The summed E-state index contributed by atoms with van der Waals surface area (Å²) in [7, 11) is 0. The van der Waals surface area contributed by atoms with E-state index < -0.39 is 0 Å². The number of benzene rings is 1. The number of furan rings is 1. The van der Waals surface area contributed by atoms with Gasteiger partial charge in [0.05, 0.1) is 4.47 Å². The van der Waals surface area contributed by atoms with E-state index in [-0.39, 0.29) is 5.76 Å². The fraction of sp³-hybridized carbons (Fsp3) is 0. The maximum absolute atomic E-state index is 10.5. The number of carbonyl (C=O) groups is 1. The van der Waals surface area contributed by atoms with E-state index in [0.29, 0.717) is 17.1 Å². The first kappa shape index (κ1) is 10.5. The van der Waals surface area contributed by atoms with E-state index in [1.807, 2.05) is 12.1 Å². The lowest BCUT2D eigenvalue weighted by Crippen LogP contribution is -1.74. The highest BCUT2D eigenvalue weighted by Gasteiger charge is 2.10. The molecule has 4 heteroatoms. The maximum atomic E-state index is 10.5. The molecule has 0 unspecified atom stereocenters. The van der Waals surface area contributed by atoms with Gasteiger partial charge in [-0.05, 0) is 28.1 Å². The molecule has 0 aliphatic carbocycles. The number of halogens is 2. The van der Waals surface area contributed by atoms with E-state index >= 15 is 0 Å². The normalized spacial score (nSPS) is 10.3. The lowest BCUT2D eigenvalue weighted by molar-refractivity contribution is 0.110. The molecular formula is C11H6BrClO2. The second-order valence-corrected chi connectivity index (χ2v) is 4.24. The molecule has 0 N–H and O–H groups in total. The van der Waals surface area contributed by atoms with Crippen LogP contribution in [0.2, 0.25) is 5.02 Å². The molecule has 2 aromatic rings. The Kier molecular flexibility index (Phi) is 2.93. The van der Waals surface area contributed by atoms with Gasteiger partial charge in [0.2, 0.25) is 0 Å². The molecule has 0 aliphatic rings. The highest BCUT2D eigenvalue weighted by molar-refractivity contribution is 9.10. The first-order valence-corrected chi connectivity index (χ1v) is 5.38. The van der Waals surface area contributed by atoms with Gasteiger partial charge in [-0.1, -0.05) is 23.7 Å². The molecule has 1 aromatic heterocycles. The van der Waals surface area contributed by atoms with E-state index in [9.17, 15) is 4.79 Å². The average Bonchev–Trinajstić information content (AvgIpc) is 2.60. The van der Waals surface area contributed by atoms with Gasteiger partial charge >= 0.3 is 0 Å². The van der Waals surface area contributed by atoms with Crippen molar-refractivity contribution in [2.24, 2.45) is 0 Å². The van der Waals surface area contributed by atoms with E-state index in [2.05, 4.69) is 15.9 Å². The number of carbonyl (C=O) groups excluding carboxylic acids is 1. The van der Waals surface area contributed by atoms with E-state index in [4.69, 9.17) is 16.0 Å². The Hall–Kier alpha value is -1.06. The summed E-state index contributed by atoms with van der Waals surface area (Å²) in [5, 5.41) is 0.628. The van der Waals surface area contributed by atoms with Crippen molar-refractivity contribution in [3.63, 3.8) is 0 Å². The average molecular weight is 286 g/mol. The zero-order valence-electron chi connectivity index (χ0n) is 7.54. The van der Waals surface area contributed by atoms with Crippen molar-refractivity contribution in [3.05, 3.63) is 45.6 Å². The van der Waals surface area contributed by atoms with E-state index in [0.717, 1.165) is 10.0 Å². The Morgan fingerprint density at radius 1 is 1.33 bits per heavy atom. The number of hydrogen-bond acceptors (Lipinski definition) is 2. The zero-order chi connectivity index (χ0) is 10.8. The molecule has 2 rings (SSSR count). The highest BCUT2D eigenvalue weighted by atomic mass is 79.9. The fourth-order valence-corrected chi connectivity index (χ4v) is 2.00. The monoisotopic (exact) mass is 284 g/mol. The molecule has 0 saturated carbocycles. The Balaban J connectivity index is 2.53. The second-order valence-electron chi connectivity index (χ2n) is 2.95. The summed E-state index contributed by atoms with van der Waals surface area (Å²) in [6.45, 7) is 0. The summed E-state index contributed by atoms with van der Waals surface area (Å²) in [6, 6.07) is 8.88. The third-order valence-electron chi connectivity index (χ3n) is 1.91. The molecule has 76 valence electrons. The van der Waals surface area contributed by atoms with Gasteiger partial charge in [0.1, 0.15) is 5.76 Å². The minimum atomic E-state index is 0.289. The van der Waals surface area contributed by atoms with Crippen molar-refractivity contribution in [2.75, 3.05) is 0 Å². The van der Waals surface area contributed by atoms with Crippen molar-refractivity contribution in [3.8, 4) is 11.3 Å². The molecule has 0 radical (unpaired) electrons. The Bertz CT molecular complexity index is 505. The number of aldehydes is 1. The molecule has 1 aromatic carbocycles. The summed E-state index contributed by atoms with van der Waals surface area (Å²) in [5.74, 6) is 0.899. The molecule has 0 spiro atoms. The van der Waals surface area contributed by atoms with Crippen LogP contribution in [0.25, 0.3) is 11.3 Å². The lowest BCUT2D eigenvalue weighted by Gasteiger charge is -1.98. The largest absolute Gasteiger partial charge is 0.452 e. The summed E-state index contributed by atoms with van der Waals surface area (Å²) >= 11 is 9.18. The van der Waals surface area contributed by atoms with Crippen LogP contribution in [-0.4, -0.2) is 6.29 Å². The minimum Gasteiger partial charge on any atom is -0.452 e. The topological polar surface area (TPSA) is 30.2 Å². The van der Waals surface area contributed by atoms with Crippen molar-refractivity contribution in [1.29, 1.82) is 0 Å². The summed E-state index contributed by atoms with van der Waals surface area (Å²) < 4.78 is 6.07. The van der Waals surface area contributed by atoms with Crippen LogP contribution in [0, 0.1) is 0 Å². The van der Waals surface area contributed by atoms with Crippen LogP contribution in [0.4, 0.5) is 0 Å². The van der Waals surface area contributed by atoms with Gasteiger partial charge in [0.25, 0.3) is 0 Å². The van der Waals surface area contributed by atoms with Crippen LogP contribution in [-0.2, 0) is 0 Å². The van der Waals surface area contributed by atoms with Gasteiger partial charge in [-0.15, -0.1) is 0 Å². The molecule has 0 fully saturated rings. The van der Waals surface area contributed by atoms with Crippen molar-refractivity contribution in [2.45, 2.75) is 0 Å². The summed E-state index contributed by atoms with van der Waals surface area (Å²) in [5.41, 5.74) is 0.836. The predicted molar refractivity (Wildman–Crippen MR) is 62.2 cm³/mol. The molecule has 0 atom stereocenters. The SMILES string of the molecule is O=Cc1cc(Br)c(-c2cccc(Cl)c2)o1.